The lowest BCUT2D eigenvalue weighted by Crippen LogP contribution is -2.30. The van der Waals surface area contributed by atoms with Gasteiger partial charge in [0.25, 0.3) is 0 Å². The van der Waals surface area contributed by atoms with Gasteiger partial charge < -0.3 is 15.3 Å². The molecule has 0 aliphatic carbocycles. The number of nitrogens with zero attached hydrogens (tertiary/aromatic N) is 1. The molecule has 0 saturated carbocycles. The topological polar surface area (TPSA) is 35.5 Å². The van der Waals surface area contributed by atoms with Crippen LogP contribution in [0.25, 0.3) is 0 Å². The Morgan fingerprint density at radius 1 is 1.20 bits per heavy atom. The number of hydrogen-bond donors (Lipinski definition) is 2. The van der Waals surface area contributed by atoms with Crippen LogP contribution in [-0.4, -0.2) is 48.8 Å². The summed E-state index contributed by atoms with van der Waals surface area (Å²) < 4.78 is 0. The third-order valence-electron chi connectivity index (χ3n) is 2.83. The van der Waals surface area contributed by atoms with Crippen LogP contribution in [0.4, 0.5) is 0 Å². The molecule has 1 atom stereocenters. The van der Waals surface area contributed by atoms with Crippen LogP contribution in [0.5, 0.6) is 0 Å². The van der Waals surface area contributed by atoms with E-state index in [2.05, 4.69) is 31.0 Å². The van der Waals surface area contributed by atoms with Crippen molar-refractivity contribution < 1.29 is 5.11 Å². The lowest BCUT2D eigenvalue weighted by molar-refractivity contribution is 0.277. The van der Waals surface area contributed by atoms with E-state index >= 15 is 0 Å². The van der Waals surface area contributed by atoms with Crippen LogP contribution in [-0.2, 0) is 0 Å². The van der Waals surface area contributed by atoms with E-state index in [1.54, 1.807) is 0 Å². The van der Waals surface area contributed by atoms with Gasteiger partial charge in [-0.1, -0.05) is 13.8 Å². The van der Waals surface area contributed by atoms with Crippen LogP contribution in [0, 0.1) is 0 Å². The number of aliphatic hydroxyl groups is 1. The van der Waals surface area contributed by atoms with Crippen molar-refractivity contribution in [1.29, 1.82) is 0 Å². The zero-order chi connectivity index (χ0) is 11.5. The van der Waals surface area contributed by atoms with Gasteiger partial charge in [-0.3, -0.25) is 0 Å². The zero-order valence-corrected chi connectivity index (χ0v) is 10.6. The fourth-order valence-electron chi connectivity index (χ4n) is 1.69. The predicted octanol–water partition coefficient (Wildman–Crippen LogP) is 1.47. The molecule has 0 aliphatic rings. The largest absolute Gasteiger partial charge is 0.396 e. The molecule has 0 aromatic rings. The van der Waals surface area contributed by atoms with E-state index in [0.29, 0.717) is 12.6 Å². The first-order chi connectivity index (χ1) is 7.24. The maximum absolute atomic E-state index is 8.65. The summed E-state index contributed by atoms with van der Waals surface area (Å²) in [6.45, 7) is 11.4. The van der Waals surface area contributed by atoms with Crippen LogP contribution >= 0.6 is 0 Å². The Hall–Kier alpha value is -0.120. The zero-order valence-electron chi connectivity index (χ0n) is 10.6. The second kappa shape index (κ2) is 10.4. The van der Waals surface area contributed by atoms with E-state index in [0.717, 1.165) is 26.1 Å². The highest BCUT2D eigenvalue weighted by Gasteiger charge is 2.02. The van der Waals surface area contributed by atoms with Crippen molar-refractivity contribution in [2.75, 3.05) is 32.8 Å². The molecular formula is C12H28N2O. The van der Waals surface area contributed by atoms with Gasteiger partial charge in [0.15, 0.2) is 0 Å². The molecule has 0 aromatic carbocycles. The highest BCUT2D eigenvalue weighted by molar-refractivity contribution is 4.62. The summed E-state index contributed by atoms with van der Waals surface area (Å²) >= 11 is 0. The van der Waals surface area contributed by atoms with Crippen LogP contribution in [0.1, 0.15) is 40.0 Å². The highest BCUT2D eigenvalue weighted by Crippen LogP contribution is 1.99. The molecule has 3 nitrogen and oxygen atoms in total. The number of rotatable bonds is 10. The van der Waals surface area contributed by atoms with Gasteiger partial charge in [0.05, 0.1) is 0 Å². The van der Waals surface area contributed by atoms with E-state index in [1.165, 1.54) is 19.4 Å². The molecule has 0 aromatic heterocycles. The third-order valence-corrected chi connectivity index (χ3v) is 2.83. The van der Waals surface area contributed by atoms with Gasteiger partial charge in [-0.15, -0.1) is 0 Å². The molecule has 15 heavy (non-hydrogen) atoms. The molecule has 0 bridgehead atoms. The number of aliphatic hydroxyl groups excluding tert-OH is 1. The van der Waals surface area contributed by atoms with E-state index in [9.17, 15) is 0 Å². The average Bonchev–Trinajstić information content (AvgIpc) is 2.25. The fraction of sp³-hybridized carbons (Fsp3) is 1.00. The lowest BCUT2D eigenvalue weighted by Gasteiger charge is -2.19. The summed E-state index contributed by atoms with van der Waals surface area (Å²) in [4.78, 5) is 2.46. The van der Waals surface area contributed by atoms with Gasteiger partial charge in [-0.05, 0) is 52.4 Å². The van der Waals surface area contributed by atoms with Crippen molar-refractivity contribution >= 4 is 0 Å². The Morgan fingerprint density at radius 2 is 1.87 bits per heavy atom. The molecule has 0 radical (unpaired) electrons. The summed E-state index contributed by atoms with van der Waals surface area (Å²) in [7, 11) is 0. The molecule has 0 fully saturated rings. The van der Waals surface area contributed by atoms with E-state index in [4.69, 9.17) is 5.11 Å². The van der Waals surface area contributed by atoms with Crippen LogP contribution < -0.4 is 5.32 Å². The minimum Gasteiger partial charge on any atom is -0.396 e. The van der Waals surface area contributed by atoms with Crippen LogP contribution in [0.3, 0.4) is 0 Å². The molecule has 3 heteroatoms. The first-order valence-corrected chi connectivity index (χ1v) is 6.31. The van der Waals surface area contributed by atoms with E-state index < -0.39 is 0 Å². The van der Waals surface area contributed by atoms with Crippen molar-refractivity contribution in [2.45, 2.75) is 46.1 Å². The normalized spacial score (nSPS) is 13.4. The Kier molecular flexibility index (Phi) is 10.3. The van der Waals surface area contributed by atoms with Crippen LogP contribution in [0.15, 0.2) is 0 Å². The second-order valence-corrected chi connectivity index (χ2v) is 4.10. The first kappa shape index (κ1) is 14.9. The maximum Gasteiger partial charge on any atom is 0.0443 e. The molecule has 92 valence electrons. The highest BCUT2D eigenvalue weighted by atomic mass is 16.3. The van der Waals surface area contributed by atoms with Gasteiger partial charge >= 0.3 is 0 Å². The van der Waals surface area contributed by atoms with Crippen LogP contribution in [0.2, 0.25) is 0 Å². The van der Waals surface area contributed by atoms with Crippen molar-refractivity contribution in [2.24, 2.45) is 0 Å². The molecule has 2 N–H and O–H groups in total. The maximum atomic E-state index is 8.65. The van der Waals surface area contributed by atoms with Gasteiger partial charge in [0, 0.05) is 12.6 Å². The van der Waals surface area contributed by atoms with Crippen molar-refractivity contribution in [3.8, 4) is 0 Å². The molecular weight excluding hydrogens is 188 g/mol. The number of hydrogen-bond acceptors (Lipinski definition) is 3. The molecule has 0 spiro atoms. The SMILES string of the molecule is CCN(CC)CCCC(C)NCCCO. The third kappa shape index (κ3) is 8.85. The Bertz CT molecular complexity index is 127. The average molecular weight is 216 g/mol. The van der Waals surface area contributed by atoms with Crippen molar-refractivity contribution in [3.05, 3.63) is 0 Å². The van der Waals surface area contributed by atoms with Crippen molar-refractivity contribution in [1.82, 2.24) is 10.2 Å². The summed E-state index contributed by atoms with van der Waals surface area (Å²) in [6.07, 6.45) is 3.34. The van der Waals surface area contributed by atoms with Crippen molar-refractivity contribution in [3.63, 3.8) is 0 Å². The van der Waals surface area contributed by atoms with Gasteiger partial charge in [0.2, 0.25) is 0 Å². The standard InChI is InChI=1S/C12H28N2O/c1-4-14(5-2)10-6-8-12(3)13-9-7-11-15/h12-13,15H,4-11H2,1-3H3. The summed E-state index contributed by atoms with van der Waals surface area (Å²) in [5.74, 6) is 0. The summed E-state index contributed by atoms with van der Waals surface area (Å²) in [5, 5.41) is 12.1. The Balaban J connectivity index is 3.33. The fourth-order valence-corrected chi connectivity index (χ4v) is 1.69. The quantitative estimate of drug-likeness (QED) is 0.543. The van der Waals surface area contributed by atoms with Gasteiger partial charge in [-0.25, -0.2) is 0 Å². The summed E-state index contributed by atoms with van der Waals surface area (Å²) in [5.41, 5.74) is 0. The molecule has 0 amide bonds. The smallest absolute Gasteiger partial charge is 0.0443 e. The molecule has 0 rings (SSSR count). The minimum absolute atomic E-state index is 0.291. The molecule has 0 aliphatic heterocycles. The Morgan fingerprint density at radius 3 is 2.40 bits per heavy atom. The number of nitrogens with one attached hydrogen (secondary N) is 1. The van der Waals surface area contributed by atoms with E-state index in [-0.39, 0.29) is 0 Å². The molecule has 0 saturated heterocycles. The molecule has 1 unspecified atom stereocenters. The molecule has 0 heterocycles. The van der Waals surface area contributed by atoms with E-state index in [1.807, 2.05) is 0 Å². The monoisotopic (exact) mass is 216 g/mol. The van der Waals surface area contributed by atoms with Gasteiger partial charge in [-0.2, -0.15) is 0 Å². The first-order valence-electron chi connectivity index (χ1n) is 6.31. The minimum atomic E-state index is 0.291. The Labute approximate surface area is 94.9 Å². The predicted molar refractivity (Wildman–Crippen MR) is 66.2 cm³/mol. The van der Waals surface area contributed by atoms with Gasteiger partial charge in [0.1, 0.15) is 0 Å². The second-order valence-electron chi connectivity index (χ2n) is 4.10. The lowest BCUT2D eigenvalue weighted by atomic mass is 10.1. The summed E-state index contributed by atoms with van der Waals surface area (Å²) in [6, 6.07) is 0.576.